The number of hydrogen-bond donors (Lipinski definition) is 0. The fraction of sp³-hybridized carbons (Fsp3) is 0.417. The monoisotopic (exact) mass is 258 g/mol. The summed E-state index contributed by atoms with van der Waals surface area (Å²) in [6.45, 7) is 3.35. The molecule has 0 spiro atoms. The number of methoxy groups -OCH3 is 1. The second-order valence-corrected chi connectivity index (χ2v) is 4.69. The van der Waals surface area contributed by atoms with Gasteiger partial charge in [0.25, 0.3) is 0 Å². The molecule has 1 aliphatic rings. The molecule has 2 rings (SSSR count). The van der Waals surface area contributed by atoms with Gasteiger partial charge in [0.1, 0.15) is 11.4 Å². The minimum absolute atomic E-state index is 0.236. The van der Waals surface area contributed by atoms with Crippen LogP contribution in [0, 0.1) is 5.82 Å². The van der Waals surface area contributed by atoms with Crippen LogP contribution in [0.25, 0.3) is 0 Å². The van der Waals surface area contributed by atoms with E-state index in [4.69, 9.17) is 16.3 Å². The quantitative estimate of drug-likeness (QED) is 0.605. The van der Waals surface area contributed by atoms with Crippen molar-refractivity contribution in [2.24, 2.45) is 0 Å². The summed E-state index contributed by atoms with van der Waals surface area (Å²) in [5, 5.41) is 0.236. The molecule has 0 saturated carbocycles. The topological polar surface area (TPSA) is 38.8 Å². The lowest BCUT2D eigenvalue weighted by Crippen LogP contribution is -2.29. The molecule has 1 aromatic rings. The van der Waals surface area contributed by atoms with Crippen molar-refractivity contribution in [3.63, 3.8) is 0 Å². The van der Waals surface area contributed by atoms with Gasteiger partial charge in [-0.1, -0.05) is 17.7 Å². The highest BCUT2D eigenvalue weighted by Crippen LogP contribution is 2.57. The van der Waals surface area contributed by atoms with Crippen LogP contribution < -0.4 is 0 Å². The number of hydrogen-bond acceptors (Lipinski definition) is 3. The molecule has 1 fully saturated rings. The van der Waals surface area contributed by atoms with Gasteiger partial charge in [-0.2, -0.15) is 0 Å². The third-order valence-electron chi connectivity index (χ3n) is 3.30. The highest BCUT2D eigenvalue weighted by atomic mass is 35.5. The van der Waals surface area contributed by atoms with Crippen LogP contribution in [0.2, 0.25) is 5.02 Å². The molecule has 0 aliphatic carbocycles. The molecule has 0 aromatic heterocycles. The summed E-state index contributed by atoms with van der Waals surface area (Å²) < 4.78 is 23.1. The second-order valence-electron chi connectivity index (χ2n) is 4.28. The zero-order valence-corrected chi connectivity index (χ0v) is 10.5. The van der Waals surface area contributed by atoms with Gasteiger partial charge in [-0.15, -0.1) is 0 Å². The van der Waals surface area contributed by atoms with Crippen LogP contribution in [0.1, 0.15) is 19.4 Å². The Balaban J connectivity index is 2.40. The largest absolute Gasteiger partial charge is 0.467 e. The minimum Gasteiger partial charge on any atom is -0.467 e. The molecule has 1 saturated heterocycles. The Labute approximate surface area is 103 Å². The van der Waals surface area contributed by atoms with Crippen LogP contribution in [-0.4, -0.2) is 18.7 Å². The van der Waals surface area contributed by atoms with Gasteiger partial charge in [0, 0.05) is 10.6 Å². The summed E-state index contributed by atoms with van der Waals surface area (Å²) in [6, 6.07) is 4.00. The average Bonchev–Trinajstić information content (AvgIpc) is 2.82. The first-order valence-electron chi connectivity index (χ1n) is 5.09. The number of esters is 1. The number of carbonyl (C=O) groups excluding carboxylic acids is 1. The van der Waals surface area contributed by atoms with E-state index in [-0.39, 0.29) is 5.02 Å². The van der Waals surface area contributed by atoms with E-state index in [1.807, 2.05) is 0 Å². The lowest BCUT2D eigenvalue weighted by atomic mass is 9.89. The van der Waals surface area contributed by atoms with Crippen molar-refractivity contribution in [3.8, 4) is 0 Å². The standard InChI is InChI=1S/C12H12ClFO3/c1-11(12(2,17-11)10(15)16-3)8-5-4-7(14)6-9(8)13/h4-6H,1-3H3. The van der Waals surface area contributed by atoms with Crippen molar-refractivity contribution in [3.05, 3.63) is 34.6 Å². The molecule has 2 unspecified atom stereocenters. The van der Waals surface area contributed by atoms with Crippen LogP contribution in [0.15, 0.2) is 18.2 Å². The zero-order chi connectivity index (χ0) is 12.8. The van der Waals surface area contributed by atoms with E-state index in [1.54, 1.807) is 13.8 Å². The fourth-order valence-electron chi connectivity index (χ4n) is 2.00. The van der Waals surface area contributed by atoms with Crippen molar-refractivity contribution in [2.45, 2.75) is 25.0 Å². The third kappa shape index (κ3) is 1.63. The zero-order valence-electron chi connectivity index (χ0n) is 9.71. The molecule has 0 radical (unpaired) electrons. The predicted molar refractivity (Wildman–Crippen MR) is 60.3 cm³/mol. The molecule has 3 nitrogen and oxygen atoms in total. The molecule has 92 valence electrons. The van der Waals surface area contributed by atoms with Crippen molar-refractivity contribution >= 4 is 17.6 Å². The third-order valence-corrected chi connectivity index (χ3v) is 3.61. The van der Waals surface area contributed by atoms with E-state index in [2.05, 4.69) is 4.74 Å². The number of ether oxygens (including phenoxy) is 2. The lowest BCUT2D eigenvalue weighted by Gasteiger charge is -2.12. The molecular weight excluding hydrogens is 247 g/mol. The minimum atomic E-state index is -1.07. The predicted octanol–water partition coefficient (Wildman–Crippen LogP) is 2.66. The van der Waals surface area contributed by atoms with E-state index in [0.717, 1.165) is 0 Å². The molecule has 1 aliphatic heterocycles. The van der Waals surface area contributed by atoms with Crippen molar-refractivity contribution < 1.29 is 18.7 Å². The molecule has 2 atom stereocenters. The second kappa shape index (κ2) is 3.68. The summed E-state index contributed by atoms with van der Waals surface area (Å²) in [5.74, 6) is -0.900. The lowest BCUT2D eigenvalue weighted by molar-refractivity contribution is -0.146. The Morgan fingerprint density at radius 3 is 2.65 bits per heavy atom. The normalized spacial score (nSPS) is 31.1. The van der Waals surface area contributed by atoms with E-state index < -0.39 is 23.0 Å². The van der Waals surface area contributed by atoms with Crippen molar-refractivity contribution in [1.82, 2.24) is 0 Å². The summed E-state index contributed by atoms with van der Waals surface area (Å²) in [5.41, 5.74) is -1.36. The molecule has 0 bridgehead atoms. The number of benzene rings is 1. The van der Waals surface area contributed by atoms with E-state index in [1.165, 1.54) is 25.3 Å². The number of rotatable bonds is 2. The molecule has 0 amide bonds. The van der Waals surface area contributed by atoms with Crippen molar-refractivity contribution in [1.29, 1.82) is 0 Å². The highest BCUT2D eigenvalue weighted by Gasteiger charge is 2.71. The summed E-state index contributed by atoms with van der Waals surface area (Å²) in [6.07, 6.45) is 0. The number of halogens is 2. The van der Waals surface area contributed by atoms with Gasteiger partial charge < -0.3 is 9.47 Å². The average molecular weight is 259 g/mol. The van der Waals surface area contributed by atoms with Gasteiger partial charge in [-0.05, 0) is 26.0 Å². The van der Waals surface area contributed by atoms with E-state index >= 15 is 0 Å². The van der Waals surface area contributed by atoms with Crippen LogP contribution in [0.5, 0.6) is 0 Å². The first-order valence-corrected chi connectivity index (χ1v) is 5.47. The van der Waals surface area contributed by atoms with E-state index in [9.17, 15) is 9.18 Å². The first kappa shape index (κ1) is 12.3. The maximum Gasteiger partial charge on any atom is 0.341 e. The SMILES string of the molecule is COC(=O)C1(C)OC1(C)c1ccc(F)cc1Cl. The fourth-order valence-corrected chi connectivity index (χ4v) is 2.35. The summed E-state index contributed by atoms with van der Waals surface area (Å²) in [7, 11) is 1.29. The van der Waals surface area contributed by atoms with E-state index in [0.29, 0.717) is 5.56 Å². The smallest absolute Gasteiger partial charge is 0.341 e. The summed E-state index contributed by atoms with van der Waals surface area (Å²) >= 11 is 5.96. The van der Waals surface area contributed by atoms with Crippen molar-refractivity contribution in [2.75, 3.05) is 7.11 Å². The van der Waals surface area contributed by atoms with Crippen LogP contribution >= 0.6 is 11.6 Å². The first-order chi connectivity index (χ1) is 7.85. The number of epoxide rings is 1. The Kier molecular flexibility index (Phi) is 2.67. The molecule has 1 heterocycles. The maximum absolute atomic E-state index is 13.0. The molecule has 5 heteroatoms. The molecule has 1 aromatic carbocycles. The maximum atomic E-state index is 13.0. The highest BCUT2D eigenvalue weighted by molar-refractivity contribution is 6.31. The Hall–Kier alpha value is -1.13. The van der Waals surface area contributed by atoms with Gasteiger partial charge in [0.15, 0.2) is 5.60 Å². The van der Waals surface area contributed by atoms with Crippen LogP contribution in [0.3, 0.4) is 0 Å². The molecule has 17 heavy (non-hydrogen) atoms. The van der Waals surface area contributed by atoms with Gasteiger partial charge in [0.05, 0.1) is 7.11 Å². The molecule has 0 N–H and O–H groups in total. The van der Waals surface area contributed by atoms with Gasteiger partial charge >= 0.3 is 5.97 Å². The van der Waals surface area contributed by atoms with Crippen LogP contribution in [-0.2, 0) is 19.9 Å². The Morgan fingerprint density at radius 2 is 2.12 bits per heavy atom. The number of carbonyl (C=O) groups is 1. The van der Waals surface area contributed by atoms with Gasteiger partial charge in [-0.3, -0.25) is 0 Å². The summed E-state index contributed by atoms with van der Waals surface area (Å²) in [4.78, 5) is 11.6. The Bertz CT molecular complexity index is 491. The Morgan fingerprint density at radius 1 is 1.47 bits per heavy atom. The van der Waals surface area contributed by atoms with Crippen LogP contribution in [0.4, 0.5) is 4.39 Å². The van der Waals surface area contributed by atoms with Gasteiger partial charge in [-0.25, -0.2) is 9.18 Å². The van der Waals surface area contributed by atoms with Gasteiger partial charge in [0.2, 0.25) is 0 Å². The molecular formula is C12H12ClFO3.